The summed E-state index contributed by atoms with van der Waals surface area (Å²) in [5.74, 6) is -4.13. The van der Waals surface area contributed by atoms with Gasteiger partial charge in [0.05, 0.1) is 12.1 Å². The Morgan fingerprint density at radius 1 is 1.05 bits per heavy atom. The number of nitrogens with one attached hydrogen (secondary N) is 2. The molecule has 1 aromatic heterocycles. The fourth-order valence-electron chi connectivity index (χ4n) is 4.16. The van der Waals surface area contributed by atoms with Crippen LogP contribution in [-0.4, -0.2) is 60.2 Å². The number of alkyl halides is 6. The summed E-state index contributed by atoms with van der Waals surface area (Å²) in [6, 6.07) is 6.78. The highest BCUT2D eigenvalue weighted by atomic mass is 35.5. The molecule has 4 rings (SSSR count). The van der Waals surface area contributed by atoms with E-state index >= 15 is 0 Å². The third-order valence-corrected chi connectivity index (χ3v) is 6.94. The second kappa shape index (κ2) is 12.0. The Hall–Kier alpha value is -4.38. The lowest BCUT2D eigenvalue weighted by atomic mass is 10.0. The van der Waals surface area contributed by atoms with Crippen molar-refractivity contribution in [2.75, 3.05) is 0 Å². The summed E-state index contributed by atoms with van der Waals surface area (Å²) in [4.78, 5) is 50.8. The average molecular weight is 650 g/mol. The molecule has 4 N–H and O–H groups in total. The Morgan fingerprint density at radius 2 is 1.68 bits per heavy atom. The summed E-state index contributed by atoms with van der Waals surface area (Å²) in [5, 5.41) is 27.5. The van der Waals surface area contributed by atoms with Crippen molar-refractivity contribution in [3.63, 3.8) is 0 Å². The van der Waals surface area contributed by atoms with Gasteiger partial charge in [-0.3, -0.25) is 14.2 Å². The van der Waals surface area contributed by atoms with Crippen LogP contribution in [0.3, 0.4) is 0 Å². The van der Waals surface area contributed by atoms with Crippen molar-refractivity contribution in [2.45, 2.75) is 56.0 Å². The van der Waals surface area contributed by atoms with Gasteiger partial charge in [0.1, 0.15) is 18.1 Å². The SMILES string of the molecule is O=C(Cn1nc(-c2ccc(Cl)cc2)n(CC(O)C(F)(F)F)c1=O)NC(C(=O)NC1(C(=O)O)CC1)c1cccc(C(F)(F)F)c1. The number of benzene rings is 2. The van der Waals surface area contributed by atoms with E-state index in [0.717, 1.165) is 12.1 Å². The molecule has 1 heterocycles. The number of carboxylic acid groups (broad SMARTS) is 1. The molecular weight excluding hydrogens is 628 g/mol. The number of amides is 2. The third kappa shape index (κ3) is 7.21. The molecule has 3 aromatic rings. The first-order chi connectivity index (χ1) is 20.4. The highest BCUT2D eigenvalue weighted by Crippen LogP contribution is 2.37. The summed E-state index contributed by atoms with van der Waals surface area (Å²) in [6.07, 6.45) is -12.9. The first-order valence-corrected chi connectivity index (χ1v) is 13.0. The van der Waals surface area contributed by atoms with Crippen LogP contribution < -0.4 is 16.3 Å². The number of carboxylic acids is 1. The predicted octanol–water partition coefficient (Wildman–Crippen LogP) is 2.90. The number of rotatable bonds is 10. The smallest absolute Gasteiger partial charge is 0.416 e. The third-order valence-electron chi connectivity index (χ3n) is 6.69. The molecular formula is C26H22ClF6N5O6. The van der Waals surface area contributed by atoms with Crippen LogP contribution in [0.1, 0.15) is 30.0 Å². The fourth-order valence-corrected chi connectivity index (χ4v) is 4.29. The van der Waals surface area contributed by atoms with Crippen LogP contribution in [0.2, 0.25) is 5.02 Å². The van der Waals surface area contributed by atoms with Crippen molar-refractivity contribution >= 4 is 29.4 Å². The molecule has 2 aromatic carbocycles. The van der Waals surface area contributed by atoms with Crippen LogP contribution in [0.15, 0.2) is 53.3 Å². The van der Waals surface area contributed by atoms with E-state index in [2.05, 4.69) is 15.7 Å². The molecule has 2 amide bonds. The van der Waals surface area contributed by atoms with Gasteiger partial charge < -0.3 is 20.8 Å². The molecule has 1 aliphatic rings. The number of aromatic nitrogens is 3. The number of carbonyl (C=O) groups excluding carboxylic acids is 2. The van der Waals surface area contributed by atoms with Gasteiger partial charge in [0.25, 0.3) is 0 Å². The van der Waals surface area contributed by atoms with E-state index in [1.807, 2.05) is 0 Å². The quantitative estimate of drug-likeness (QED) is 0.246. The monoisotopic (exact) mass is 649 g/mol. The van der Waals surface area contributed by atoms with E-state index < -0.39 is 72.2 Å². The lowest BCUT2D eigenvalue weighted by molar-refractivity contribution is -0.207. The topological polar surface area (TPSA) is 156 Å². The Kier molecular flexibility index (Phi) is 8.84. The van der Waals surface area contributed by atoms with Gasteiger partial charge in [-0.15, -0.1) is 5.10 Å². The van der Waals surface area contributed by atoms with Crippen molar-refractivity contribution in [3.05, 3.63) is 75.2 Å². The summed E-state index contributed by atoms with van der Waals surface area (Å²) in [7, 11) is 0. The minimum Gasteiger partial charge on any atom is -0.480 e. The molecule has 1 fully saturated rings. The van der Waals surface area contributed by atoms with E-state index in [1.165, 1.54) is 24.3 Å². The summed E-state index contributed by atoms with van der Waals surface area (Å²) < 4.78 is 80.3. The highest BCUT2D eigenvalue weighted by molar-refractivity contribution is 6.30. The van der Waals surface area contributed by atoms with Gasteiger partial charge in [-0.25, -0.2) is 14.3 Å². The van der Waals surface area contributed by atoms with Crippen LogP contribution in [0.25, 0.3) is 11.4 Å². The number of halogens is 7. The number of aliphatic hydroxyl groups excluding tert-OH is 1. The Balaban J connectivity index is 1.67. The minimum absolute atomic E-state index is 0.0292. The molecule has 0 radical (unpaired) electrons. The van der Waals surface area contributed by atoms with Crippen molar-refractivity contribution in [2.24, 2.45) is 0 Å². The zero-order valence-corrected chi connectivity index (χ0v) is 22.9. The predicted molar refractivity (Wildman–Crippen MR) is 139 cm³/mol. The molecule has 0 spiro atoms. The van der Waals surface area contributed by atoms with Crippen LogP contribution in [-0.2, 0) is 33.6 Å². The van der Waals surface area contributed by atoms with E-state index in [1.54, 1.807) is 0 Å². The van der Waals surface area contributed by atoms with Crippen molar-refractivity contribution < 1.29 is 50.9 Å². The van der Waals surface area contributed by atoms with E-state index in [0.29, 0.717) is 21.4 Å². The highest BCUT2D eigenvalue weighted by Gasteiger charge is 2.52. The number of aliphatic carboxylic acids is 1. The maximum atomic E-state index is 13.4. The van der Waals surface area contributed by atoms with Gasteiger partial charge in [-0.05, 0) is 54.8 Å². The molecule has 44 heavy (non-hydrogen) atoms. The van der Waals surface area contributed by atoms with Crippen molar-refractivity contribution in [3.8, 4) is 11.4 Å². The number of aliphatic hydroxyl groups is 1. The Bertz CT molecular complexity index is 1630. The van der Waals surface area contributed by atoms with Crippen LogP contribution in [0.4, 0.5) is 26.3 Å². The minimum atomic E-state index is -5.11. The summed E-state index contributed by atoms with van der Waals surface area (Å²) >= 11 is 5.85. The van der Waals surface area contributed by atoms with Gasteiger partial charge in [0, 0.05) is 10.6 Å². The second-order valence-corrected chi connectivity index (χ2v) is 10.4. The van der Waals surface area contributed by atoms with Crippen molar-refractivity contribution in [1.29, 1.82) is 0 Å². The van der Waals surface area contributed by atoms with Crippen LogP contribution in [0, 0.1) is 0 Å². The Morgan fingerprint density at radius 3 is 2.23 bits per heavy atom. The van der Waals surface area contributed by atoms with Gasteiger partial charge >= 0.3 is 24.0 Å². The first kappa shape index (κ1) is 32.5. The average Bonchev–Trinajstić information content (AvgIpc) is 3.66. The zero-order chi connectivity index (χ0) is 32.6. The zero-order valence-electron chi connectivity index (χ0n) is 22.1. The lowest BCUT2D eigenvalue weighted by Gasteiger charge is -2.22. The van der Waals surface area contributed by atoms with E-state index in [-0.39, 0.29) is 34.8 Å². The molecule has 18 heteroatoms. The van der Waals surface area contributed by atoms with Crippen molar-refractivity contribution in [1.82, 2.24) is 25.0 Å². The van der Waals surface area contributed by atoms with Gasteiger partial charge in [-0.2, -0.15) is 26.3 Å². The molecule has 1 saturated carbocycles. The standard InChI is InChI=1S/C26H22ClF6N5O6/c27-16-6-4-13(5-7-16)20-36-38(23(44)37(20)11-17(39)26(31,32)33)12-18(40)34-19(21(41)35-24(8-9-24)22(42)43)14-2-1-3-15(10-14)25(28,29)30/h1-7,10,17,19,39H,8-9,11-12H2,(H,34,40)(H,35,41)(H,42,43). The van der Waals surface area contributed by atoms with E-state index in [4.69, 9.17) is 11.6 Å². The number of hydrogen-bond acceptors (Lipinski definition) is 6. The fraction of sp³-hybridized carbons (Fsp3) is 0.346. The molecule has 236 valence electrons. The molecule has 2 atom stereocenters. The normalized spacial score (nSPS) is 15.7. The number of nitrogens with zero attached hydrogens (tertiary/aromatic N) is 3. The van der Waals surface area contributed by atoms with Crippen LogP contribution >= 0.6 is 11.6 Å². The first-order valence-electron chi connectivity index (χ1n) is 12.6. The van der Waals surface area contributed by atoms with Gasteiger partial charge in [-0.1, -0.05) is 23.7 Å². The summed E-state index contributed by atoms with van der Waals surface area (Å²) in [6.45, 7) is -2.32. The summed E-state index contributed by atoms with van der Waals surface area (Å²) in [5.41, 5.74) is -4.41. The molecule has 2 unspecified atom stereocenters. The Labute approximate surface area is 248 Å². The maximum Gasteiger partial charge on any atom is 0.416 e. The molecule has 0 saturated heterocycles. The number of carbonyl (C=O) groups is 3. The molecule has 0 aliphatic heterocycles. The largest absolute Gasteiger partial charge is 0.480 e. The lowest BCUT2D eigenvalue weighted by Crippen LogP contribution is -2.49. The van der Waals surface area contributed by atoms with Gasteiger partial charge in [0.2, 0.25) is 11.8 Å². The number of hydrogen-bond donors (Lipinski definition) is 4. The molecule has 0 bridgehead atoms. The second-order valence-electron chi connectivity index (χ2n) is 9.94. The van der Waals surface area contributed by atoms with Crippen LogP contribution in [0.5, 0.6) is 0 Å². The van der Waals surface area contributed by atoms with Gasteiger partial charge in [0.15, 0.2) is 11.9 Å². The maximum absolute atomic E-state index is 13.4. The molecule has 11 nitrogen and oxygen atoms in total. The van der Waals surface area contributed by atoms with E-state index in [9.17, 15) is 55.7 Å². The molecule has 1 aliphatic carbocycles.